The van der Waals surface area contributed by atoms with Crippen molar-refractivity contribution >= 4 is 17.5 Å². The lowest BCUT2D eigenvalue weighted by Gasteiger charge is -2.17. The van der Waals surface area contributed by atoms with Crippen LogP contribution in [-0.2, 0) is 11.2 Å². The van der Waals surface area contributed by atoms with Gasteiger partial charge in [0, 0.05) is 17.7 Å². The van der Waals surface area contributed by atoms with E-state index >= 15 is 0 Å². The van der Waals surface area contributed by atoms with Gasteiger partial charge in [0.25, 0.3) is 11.8 Å². The first-order chi connectivity index (χ1) is 13.6. The van der Waals surface area contributed by atoms with Gasteiger partial charge in [-0.1, -0.05) is 68.3 Å². The number of hydrazone groups is 1. The van der Waals surface area contributed by atoms with E-state index in [0.717, 1.165) is 37.0 Å². The van der Waals surface area contributed by atoms with Crippen LogP contribution in [0.4, 0.5) is 0 Å². The summed E-state index contributed by atoms with van der Waals surface area (Å²) in [6, 6.07) is 17.8. The highest BCUT2D eigenvalue weighted by molar-refractivity contribution is 5.97. The summed E-state index contributed by atoms with van der Waals surface area (Å²) in [5, 5.41) is 7.04. The maximum Gasteiger partial charge on any atom is 0.262 e. The van der Waals surface area contributed by atoms with Crippen molar-refractivity contribution in [3.63, 3.8) is 0 Å². The van der Waals surface area contributed by atoms with Crippen molar-refractivity contribution in [2.24, 2.45) is 5.10 Å². The Kier molecular flexibility index (Phi) is 8.92. The molecule has 5 nitrogen and oxygen atoms in total. The summed E-state index contributed by atoms with van der Waals surface area (Å²) in [5.41, 5.74) is 5.00. The second-order valence-corrected chi connectivity index (χ2v) is 6.86. The Hall–Kier alpha value is -2.95. The molecule has 0 aliphatic rings. The highest BCUT2D eigenvalue weighted by Gasteiger charge is 2.21. The van der Waals surface area contributed by atoms with Crippen molar-refractivity contribution in [3.8, 4) is 0 Å². The average molecular weight is 380 g/mol. The predicted octanol–water partition coefficient (Wildman–Crippen LogP) is 4.10. The lowest BCUT2D eigenvalue weighted by atomic mass is 10.0. The van der Waals surface area contributed by atoms with Crippen LogP contribution in [0.1, 0.15) is 55.5 Å². The van der Waals surface area contributed by atoms with E-state index in [1.165, 1.54) is 0 Å². The van der Waals surface area contributed by atoms with Gasteiger partial charge in [-0.15, -0.1) is 0 Å². The number of hydrogen-bond acceptors (Lipinski definition) is 3. The van der Waals surface area contributed by atoms with Crippen LogP contribution in [0.2, 0.25) is 0 Å². The van der Waals surface area contributed by atoms with Gasteiger partial charge in [0.15, 0.2) is 0 Å². The van der Waals surface area contributed by atoms with Crippen LogP contribution < -0.4 is 10.7 Å². The van der Waals surface area contributed by atoms with Gasteiger partial charge in [0.2, 0.25) is 0 Å². The second kappa shape index (κ2) is 11.7. The van der Waals surface area contributed by atoms with E-state index in [4.69, 9.17) is 0 Å². The molecule has 2 aromatic rings. The molecule has 1 atom stereocenters. The Bertz CT molecular complexity index is 773. The van der Waals surface area contributed by atoms with E-state index in [1.807, 2.05) is 43.3 Å². The third-order valence-corrected chi connectivity index (χ3v) is 4.44. The predicted molar refractivity (Wildman–Crippen MR) is 113 cm³/mol. The third-order valence-electron chi connectivity index (χ3n) is 4.44. The fourth-order valence-electron chi connectivity index (χ4n) is 2.81. The van der Waals surface area contributed by atoms with Gasteiger partial charge >= 0.3 is 0 Å². The molecule has 0 bridgehead atoms. The van der Waals surface area contributed by atoms with Gasteiger partial charge < -0.3 is 5.32 Å². The van der Waals surface area contributed by atoms with Gasteiger partial charge in [-0.05, 0) is 37.5 Å². The third kappa shape index (κ3) is 7.35. The van der Waals surface area contributed by atoms with Crippen molar-refractivity contribution in [3.05, 3.63) is 71.8 Å². The van der Waals surface area contributed by atoms with Crippen molar-refractivity contribution in [2.45, 2.75) is 52.0 Å². The van der Waals surface area contributed by atoms with Crippen LogP contribution in [0.15, 0.2) is 65.8 Å². The first kappa shape index (κ1) is 21.4. The van der Waals surface area contributed by atoms with Crippen LogP contribution in [0, 0.1) is 0 Å². The van der Waals surface area contributed by atoms with Gasteiger partial charge in [-0.2, -0.15) is 5.10 Å². The number of hydrogen-bond donors (Lipinski definition) is 2. The van der Waals surface area contributed by atoms with Gasteiger partial charge in [0.05, 0.1) is 0 Å². The molecule has 0 saturated carbocycles. The standard InChI is InChI=1S/C23H29N3O2/c1-3-4-7-12-18(2)25-26-23(28)21(17-19-13-8-5-9-14-19)24-22(27)20-15-10-6-11-16-20/h5-6,8-11,13-16,21H,3-4,7,12,17H2,1-2H3,(H,24,27)(H,26,28)/b25-18-. The molecule has 1 unspecified atom stereocenters. The molecule has 0 radical (unpaired) electrons. The van der Waals surface area contributed by atoms with Gasteiger partial charge in [0.1, 0.15) is 6.04 Å². The first-order valence-electron chi connectivity index (χ1n) is 9.83. The number of benzene rings is 2. The molecule has 2 amide bonds. The van der Waals surface area contributed by atoms with Crippen molar-refractivity contribution in [1.29, 1.82) is 0 Å². The molecular weight excluding hydrogens is 350 g/mol. The van der Waals surface area contributed by atoms with Crippen molar-refractivity contribution < 1.29 is 9.59 Å². The molecule has 5 heteroatoms. The SMILES string of the molecule is CCCCC/C(C)=N\NC(=O)C(Cc1ccccc1)NC(=O)c1ccccc1. The number of unbranched alkanes of at least 4 members (excludes halogenated alkanes) is 2. The van der Waals surface area contributed by atoms with Crippen molar-refractivity contribution in [2.75, 3.05) is 0 Å². The normalized spacial score (nSPS) is 12.3. The van der Waals surface area contributed by atoms with E-state index in [-0.39, 0.29) is 11.8 Å². The number of rotatable bonds is 10. The first-order valence-corrected chi connectivity index (χ1v) is 9.83. The molecule has 0 spiro atoms. The Morgan fingerprint density at radius 2 is 1.61 bits per heavy atom. The Morgan fingerprint density at radius 1 is 0.964 bits per heavy atom. The summed E-state index contributed by atoms with van der Waals surface area (Å²) >= 11 is 0. The summed E-state index contributed by atoms with van der Waals surface area (Å²) in [6.45, 7) is 4.06. The number of amides is 2. The molecule has 2 aromatic carbocycles. The Labute approximate surface area is 167 Å². The van der Waals surface area contributed by atoms with Crippen molar-refractivity contribution in [1.82, 2.24) is 10.7 Å². The van der Waals surface area contributed by atoms with Crippen LogP contribution >= 0.6 is 0 Å². The van der Waals surface area contributed by atoms with E-state index in [0.29, 0.717) is 12.0 Å². The molecule has 0 fully saturated rings. The monoisotopic (exact) mass is 379 g/mol. The van der Waals surface area contributed by atoms with Crippen LogP contribution in [0.5, 0.6) is 0 Å². The molecule has 0 aliphatic heterocycles. The fourth-order valence-corrected chi connectivity index (χ4v) is 2.81. The summed E-state index contributed by atoms with van der Waals surface area (Å²) in [7, 11) is 0. The summed E-state index contributed by atoms with van der Waals surface area (Å²) < 4.78 is 0. The summed E-state index contributed by atoms with van der Waals surface area (Å²) in [4.78, 5) is 25.3. The minimum atomic E-state index is -0.706. The molecule has 0 aliphatic carbocycles. The lowest BCUT2D eigenvalue weighted by Crippen LogP contribution is -2.47. The summed E-state index contributed by atoms with van der Waals surface area (Å²) in [6.07, 6.45) is 4.60. The number of carbonyl (C=O) groups is 2. The smallest absolute Gasteiger partial charge is 0.262 e. The van der Waals surface area contributed by atoms with Crippen LogP contribution in [0.3, 0.4) is 0 Å². The highest BCUT2D eigenvalue weighted by atomic mass is 16.2. The molecule has 148 valence electrons. The van der Waals surface area contributed by atoms with E-state index < -0.39 is 6.04 Å². The molecule has 28 heavy (non-hydrogen) atoms. The van der Waals surface area contributed by atoms with E-state index in [1.54, 1.807) is 24.3 Å². The molecule has 2 N–H and O–H groups in total. The van der Waals surface area contributed by atoms with Crippen LogP contribution in [-0.4, -0.2) is 23.6 Å². The summed E-state index contributed by atoms with van der Waals surface area (Å²) in [5.74, 6) is -0.594. The number of nitrogens with zero attached hydrogens (tertiary/aromatic N) is 1. The molecular formula is C23H29N3O2. The molecule has 0 saturated heterocycles. The van der Waals surface area contributed by atoms with E-state index in [9.17, 15) is 9.59 Å². The lowest BCUT2D eigenvalue weighted by molar-refractivity contribution is -0.122. The second-order valence-electron chi connectivity index (χ2n) is 6.86. The van der Waals surface area contributed by atoms with Gasteiger partial charge in [-0.25, -0.2) is 5.43 Å². The zero-order valence-corrected chi connectivity index (χ0v) is 16.7. The zero-order valence-electron chi connectivity index (χ0n) is 16.7. The maximum absolute atomic E-state index is 12.7. The minimum absolute atomic E-state index is 0.277. The number of carbonyl (C=O) groups excluding carboxylic acids is 2. The minimum Gasteiger partial charge on any atom is -0.340 e. The number of nitrogens with one attached hydrogen (secondary N) is 2. The topological polar surface area (TPSA) is 70.6 Å². The van der Waals surface area contributed by atoms with Gasteiger partial charge in [-0.3, -0.25) is 9.59 Å². The highest BCUT2D eigenvalue weighted by Crippen LogP contribution is 2.06. The molecule has 2 rings (SSSR count). The quantitative estimate of drug-likeness (QED) is 0.371. The molecule has 0 aromatic heterocycles. The zero-order chi connectivity index (χ0) is 20.2. The molecule has 0 heterocycles. The van der Waals surface area contributed by atoms with E-state index in [2.05, 4.69) is 22.8 Å². The Morgan fingerprint density at radius 3 is 2.25 bits per heavy atom. The van der Waals surface area contributed by atoms with Crippen LogP contribution in [0.25, 0.3) is 0 Å². The average Bonchev–Trinajstić information content (AvgIpc) is 2.73. The fraction of sp³-hybridized carbons (Fsp3) is 0.348. The largest absolute Gasteiger partial charge is 0.340 e. The maximum atomic E-state index is 12.7. The Balaban J connectivity index is 2.05.